The van der Waals surface area contributed by atoms with Crippen LogP contribution in [0.4, 0.5) is 24.5 Å². The van der Waals surface area contributed by atoms with Gasteiger partial charge in [0.1, 0.15) is 0 Å². The van der Waals surface area contributed by atoms with Gasteiger partial charge in [0.2, 0.25) is 10.0 Å². The number of benzene rings is 2. The number of nitrogens with one attached hydrogen (secondary N) is 2. The second-order valence-corrected chi connectivity index (χ2v) is 13.6. The van der Waals surface area contributed by atoms with E-state index in [2.05, 4.69) is 10.0 Å². The Kier molecular flexibility index (Phi) is 5.42. The van der Waals surface area contributed by atoms with E-state index >= 15 is 0 Å². The zero-order valence-electron chi connectivity index (χ0n) is 19.2. The van der Waals surface area contributed by atoms with E-state index in [0.717, 1.165) is 0 Å². The number of anilines is 2. The van der Waals surface area contributed by atoms with Crippen LogP contribution in [0.15, 0.2) is 47.4 Å². The highest BCUT2D eigenvalue weighted by Gasteiger charge is 2.79. The molecule has 36 heavy (non-hydrogen) atoms. The molecule has 1 aliphatic heterocycles. The van der Waals surface area contributed by atoms with Crippen LogP contribution in [0.2, 0.25) is 0 Å². The number of carbonyl (C=O) groups excluding carboxylic acids is 1. The summed E-state index contributed by atoms with van der Waals surface area (Å²) in [5.41, 5.74) is -1.62. The third-order valence-electron chi connectivity index (χ3n) is 7.21. The van der Waals surface area contributed by atoms with Gasteiger partial charge in [0.15, 0.2) is 0 Å². The number of hydrogen-bond acceptors (Lipinski definition) is 5. The molecule has 0 radical (unpaired) electrons. The topological polar surface area (TPSA) is 113 Å². The normalized spacial score (nSPS) is 26.6. The van der Waals surface area contributed by atoms with E-state index in [1.165, 1.54) is 40.7 Å². The first kappa shape index (κ1) is 24.9. The molecule has 1 amide bonds. The Labute approximate surface area is 207 Å². The van der Waals surface area contributed by atoms with Gasteiger partial charge in [0.25, 0.3) is 15.9 Å². The summed E-state index contributed by atoms with van der Waals surface area (Å²) in [6, 6.07) is 9.86. The zero-order chi connectivity index (χ0) is 26.1. The fraction of sp³-hybridized carbons (Fsp3) is 0.435. The van der Waals surface area contributed by atoms with Gasteiger partial charge in [0, 0.05) is 12.1 Å². The molecule has 6 rings (SSSR count). The fourth-order valence-corrected chi connectivity index (χ4v) is 8.03. The summed E-state index contributed by atoms with van der Waals surface area (Å²) in [5, 5.41) is 2.67. The van der Waals surface area contributed by atoms with Gasteiger partial charge in [-0.05, 0) is 74.6 Å². The fourth-order valence-electron chi connectivity index (χ4n) is 5.39. The van der Waals surface area contributed by atoms with Crippen molar-refractivity contribution in [1.29, 1.82) is 0 Å². The molecule has 13 heteroatoms. The van der Waals surface area contributed by atoms with Gasteiger partial charge in [-0.2, -0.15) is 13.2 Å². The Morgan fingerprint density at radius 1 is 1.06 bits per heavy atom. The summed E-state index contributed by atoms with van der Waals surface area (Å²) in [6.45, 7) is 2.03. The molecular formula is C23H24F3N3O5S2. The second-order valence-electron chi connectivity index (χ2n) is 9.93. The zero-order valence-corrected chi connectivity index (χ0v) is 20.9. The standard InChI is InChI=1S/C23H24F3N3O5S2/c1-15-3-8-18(20(30)27-22-12-21(13-22,14-22)23(24,25)26)19(11-15)28-36(33,34)17-6-4-16(5-7-17)29-9-2-10-35(29,31)32/h3-8,11,28H,2,9-10,12-14H2,1H3,(H,27,30). The minimum absolute atomic E-state index is 0.00386. The maximum atomic E-state index is 13.1. The molecule has 4 fully saturated rings. The highest BCUT2D eigenvalue weighted by atomic mass is 32.2. The first-order valence-corrected chi connectivity index (χ1v) is 14.4. The smallest absolute Gasteiger partial charge is 0.346 e. The van der Waals surface area contributed by atoms with E-state index in [9.17, 15) is 34.8 Å². The van der Waals surface area contributed by atoms with Crippen LogP contribution in [0, 0.1) is 12.3 Å². The number of aryl methyl sites for hydroxylation is 1. The number of nitrogens with zero attached hydrogens (tertiary/aromatic N) is 1. The number of sulfonamides is 2. The highest BCUT2D eigenvalue weighted by molar-refractivity contribution is 7.93. The predicted octanol–water partition coefficient (Wildman–Crippen LogP) is 3.55. The first-order valence-electron chi connectivity index (χ1n) is 11.3. The molecule has 1 heterocycles. The van der Waals surface area contributed by atoms with Crippen molar-refractivity contribution < 1.29 is 34.8 Å². The Balaban J connectivity index is 1.34. The number of carbonyl (C=O) groups is 1. The lowest BCUT2D eigenvalue weighted by molar-refractivity contribution is -0.336. The van der Waals surface area contributed by atoms with Crippen LogP contribution in [-0.2, 0) is 20.0 Å². The van der Waals surface area contributed by atoms with E-state index in [1.54, 1.807) is 13.0 Å². The first-order chi connectivity index (χ1) is 16.7. The SMILES string of the molecule is Cc1ccc(C(=O)NC23CC(C(F)(F)F)(C2)C3)c(NS(=O)(=O)c2ccc(N3CCCS3(=O)=O)cc2)c1. The molecule has 3 aliphatic carbocycles. The van der Waals surface area contributed by atoms with Gasteiger partial charge in [-0.1, -0.05) is 6.07 Å². The summed E-state index contributed by atoms with van der Waals surface area (Å²) in [4.78, 5) is 12.8. The Hall–Kier alpha value is -2.80. The molecule has 0 atom stereocenters. The van der Waals surface area contributed by atoms with E-state index in [4.69, 9.17) is 0 Å². The van der Waals surface area contributed by atoms with E-state index in [-0.39, 0.29) is 41.2 Å². The van der Waals surface area contributed by atoms with Crippen molar-refractivity contribution in [3.05, 3.63) is 53.6 Å². The molecule has 2 aromatic rings. The molecule has 1 saturated heterocycles. The minimum Gasteiger partial charge on any atom is -0.346 e. The van der Waals surface area contributed by atoms with Gasteiger partial charge in [0.05, 0.1) is 33.0 Å². The largest absolute Gasteiger partial charge is 0.394 e. The van der Waals surface area contributed by atoms with Crippen LogP contribution >= 0.6 is 0 Å². The Morgan fingerprint density at radius 3 is 2.25 bits per heavy atom. The molecule has 0 spiro atoms. The van der Waals surface area contributed by atoms with Crippen molar-refractivity contribution in [3.63, 3.8) is 0 Å². The lowest BCUT2D eigenvalue weighted by atomic mass is 9.39. The van der Waals surface area contributed by atoms with Crippen molar-refractivity contribution in [2.24, 2.45) is 5.41 Å². The Morgan fingerprint density at radius 2 is 1.69 bits per heavy atom. The number of halogens is 3. The third kappa shape index (κ3) is 4.01. The highest BCUT2D eigenvalue weighted by Crippen LogP contribution is 2.73. The van der Waals surface area contributed by atoms with Crippen LogP contribution in [0.3, 0.4) is 0 Å². The van der Waals surface area contributed by atoms with Crippen LogP contribution in [0.5, 0.6) is 0 Å². The molecular weight excluding hydrogens is 519 g/mol. The molecule has 8 nitrogen and oxygen atoms in total. The Bertz CT molecular complexity index is 1440. The van der Waals surface area contributed by atoms with Gasteiger partial charge in [-0.15, -0.1) is 0 Å². The number of hydrogen-bond donors (Lipinski definition) is 2. The van der Waals surface area contributed by atoms with E-state index in [0.29, 0.717) is 24.2 Å². The third-order valence-corrected chi connectivity index (χ3v) is 10.5. The van der Waals surface area contributed by atoms with Gasteiger partial charge < -0.3 is 5.32 Å². The van der Waals surface area contributed by atoms with E-state index in [1.807, 2.05) is 0 Å². The lowest BCUT2D eigenvalue weighted by Crippen LogP contribution is -2.78. The second kappa shape index (κ2) is 7.85. The predicted molar refractivity (Wildman–Crippen MR) is 127 cm³/mol. The molecule has 4 aliphatic rings. The molecule has 2 bridgehead atoms. The lowest BCUT2D eigenvalue weighted by Gasteiger charge is -2.70. The van der Waals surface area contributed by atoms with Crippen LogP contribution in [0.1, 0.15) is 41.6 Å². The average molecular weight is 544 g/mol. The summed E-state index contributed by atoms with van der Waals surface area (Å²) in [5.74, 6) is -0.622. The molecule has 194 valence electrons. The molecule has 2 aromatic carbocycles. The maximum Gasteiger partial charge on any atom is 0.394 e. The monoisotopic (exact) mass is 543 g/mol. The molecule has 3 saturated carbocycles. The van der Waals surface area contributed by atoms with Crippen molar-refractivity contribution in [2.75, 3.05) is 21.3 Å². The number of rotatable bonds is 6. The maximum absolute atomic E-state index is 13.1. The van der Waals surface area contributed by atoms with Crippen molar-refractivity contribution in [2.45, 2.75) is 49.2 Å². The van der Waals surface area contributed by atoms with Gasteiger partial charge in [-0.25, -0.2) is 16.8 Å². The number of amides is 1. The molecule has 0 unspecified atom stereocenters. The summed E-state index contributed by atoms with van der Waals surface area (Å²) in [7, 11) is -7.57. The van der Waals surface area contributed by atoms with Crippen LogP contribution in [-0.4, -0.2) is 46.8 Å². The van der Waals surface area contributed by atoms with Crippen molar-refractivity contribution in [3.8, 4) is 0 Å². The number of alkyl halides is 3. The molecule has 2 N–H and O–H groups in total. The summed E-state index contributed by atoms with van der Waals surface area (Å²) >= 11 is 0. The van der Waals surface area contributed by atoms with Crippen LogP contribution < -0.4 is 14.3 Å². The summed E-state index contributed by atoms with van der Waals surface area (Å²) < 4.78 is 93.4. The van der Waals surface area contributed by atoms with Crippen molar-refractivity contribution >= 4 is 37.3 Å². The van der Waals surface area contributed by atoms with Gasteiger partial charge >= 0.3 is 6.18 Å². The van der Waals surface area contributed by atoms with E-state index < -0.39 is 43.1 Å². The van der Waals surface area contributed by atoms with Gasteiger partial charge in [-0.3, -0.25) is 13.8 Å². The minimum atomic E-state index is -4.31. The molecule has 0 aromatic heterocycles. The summed E-state index contributed by atoms with van der Waals surface area (Å²) in [6.07, 6.45) is -4.36. The van der Waals surface area contributed by atoms with Crippen molar-refractivity contribution in [1.82, 2.24) is 5.32 Å². The van der Waals surface area contributed by atoms with Crippen LogP contribution in [0.25, 0.3) is 0 Å². The average Bonchev–Trinajstić information content (AvgIpc) is 3.07. The quantitative estimate of drug-likeness (QED) is 0.579.